The van der Waals surface area contributed by atoms with E-state index in [1.807, 2.05) is 0 Å². The number of halogens is 1. The molecule has 1 saturated carbocycles. The Morgan fingerprint density at radius 2 is 2.00 bits per heavy atom. The van der Waals surface area contributed by atoms with Crippen LogP contribution in [0.2, 0.25) is 0 Å². The van der Waals surface area contributed by atoms with Crippen molar-refractivity contribution in [1.29, 1.82) is 0 Å². The van der Waals surface area contributed by atoms with Gasteiger partial charge < -0.3 is 10.6 Å². The smallest absolute Gasteiger partial charge is 0.0375 e. The second-order valence-corrected chi connectivity index (χ2v) is 7.39. The molecule has 2 rings (SSSR count). The van der Waals surface area contributed by atoms with Crippen LogP contribution >= 0.6 is 15.9 Å². The first kappa shape index (κ1) is 16.8. The van der Waals surface area contributed by atoms with Crippen molar-refractivity contribution in [3.8, 4) is 0 Å². The van der Waals surface area contributed by atoms with Gasteiger partial charge in [0.25, 0.3) is 0 Å². The van der Waals surface area contributed by atoms with Crippen molar-refractivity contribution in [3.05, 3.63) is 28.2 Å². The van der Waals surface area contributed by atoms with Gasteiger partial charge in [-0.2, -0.15) is 0 Å². The molecule has 1 unspecified atom stereocenters. The predicted molar refractivity (Wildman–Crippen MR) is 96.0 cm³/mol. The molecule has 1 atom stereocenters. The van der Waals surface area contributed by atoms with E-state index in [0.717, 1.165) is 18.8 Å². The van der Waals surface area contributed by atoms with Crippen LogP contribution in [0.4, 0.5) is 5.69 Å². The molecule has 118 valence electrons. The molecule has 1 fully saturated rings. The molecule has 0 aliphatic heterocycles. The van der Waals surface area contributed by atoms with E-state index in [2.05, 4.69) is 53.0 Å². The van der Waals surface area contributed by atoms with Crippen LogP contribution in [0.25, 0.3) is 0 Å². The van der Waals surface area contributed by atoms with E-state index in [0.29, 0.717) is 0 Å². The first-order valence-electron chi connectivity index (χ1n) is 8.35. The van der Waals surface area contributed by atoms with Gasteiger partial charge in [-0.3, -0.25) is 0 Å². The summed E-state index contributed by atoms with van der Waals surface area (Å²) in [6.07, 6.45) is 9.02. The fraction of sp³-hybridized carbons (Fsp3) is 0.667. The van der Waals surface area contributed by atoms with E-state index < -0.39 is 0 Å². The fourth-order valence-corrected chi connectivity index (χ4v) is 3.76. The molecular formula is C18H29BrN2. The number of nitrogens with two attached hydrogens (primary N) is 1. The number of anilines is 1. The largest absolute Gasteiger partial charge is 0.374 e. The lowest BCUT2D eigenvalue weighted by Gasteiger charge is -2.28. The minimum atomic E-state index is 0.257. The summed E-state index contributed by atoms with van der Waals surface area (Å²) in [6, 6.07) is 6.98. The zero-order chi connectivity index (χ0) is 15.2. The summed E-state index contributed by atoms with van der Waals surface area (Å²) >= 11 is 3.72. The maximum Gasteiger partial charge on any atom is 0.0375 e. The third kappa shape index (κ3) is 5.00. The highest BCUT2D eigenvalue weighted by molar-refractivity contribution is 9.10. The van der Waals surface area contributed by atoms with Crippen LogP contribution in [0, 0.1) is 5.92 Å². The van der Waals surface area contributed by atoms with Gasteiger partial charge in [0.2, 0.25) is 0 Å². The lowest BCUT2D eigenvalue weighted by Crippen LogP contribution is -2.27. The van der Waals surface area contributed by atoms with Crippen molar-refractivity contribution in [1.82, 2.24) is 0 Å². The summed E-state index contributed by atoms with van der Waals surface area (Å²) in [7, 11) is 2.22. The molecule has 0 radical (unpaired) electrons. The van der Waals surface area contributed by atoms with E-state index in [9.17, 15) is 0 Å². The van der Waals surface area contributed by atoms with Gasteiger partial charge in [-0.1, -0.05) is 48.2 Å². The van der Waals surface area contributed by atoms with Crippen molar-refractivity contribution in [3.63, 3.8) is 0 Å². The number of rotatable bonds is 6. The summed E-state index contributed by atoms with van der Waals surface area (Å²) in [5, 5.41) is 0. The second-order valence-electron chi connectivity index (χ2n) is 6.53. The minimum absolute atomic E-state index is 0.257. The first-order valence-corrected chi connectivity index (χ1v) is 9.14. The summed E-state index contributed by atoms with van der Waals surface area (Å²) in [6.45, 7) is 3.32. The molecular weight excluding hydrogens is 324 g/mol. The van der Waals surface area contributed by atoms with E-state index in [4.69, 9.17) is 5.73 Å². The minimum Gasteiger partial charge on any atom is -0.374 e. The van der Waals surface area contributed by atoms with Gasteiger partial charge in [0.05, 0.1) is 0 Å². The van der Waals surface area contributed by atoms with Crippen LogP contribution in [0.15, 0.2) is 22.7 Å². The summed E-state index contributed by atoms with van der Waals surface area (Å²) in [5.74, 6) is 0.871. The third-order valence-electron chi connectivity index (χ3n) is 4.74. The Morgan fingerprint density at radius 3 is 2.62 bits per heavy atom. The molecule has 1 aliphatic carbocycles. The topological polar surface area (TPSA) is 29.3 Å². The Hall–Kier alpha value is -0.540. The van der Waals surface area contributed by atoms with Crippen molar-refractivity contribution < 1.29 is 0 Å². The standard InChI is InChI=1S/C18H29BrN2/c1-3-16(20)11-15-9-10-17(12-18(15)19)21(2)13-14-7-5-4-6-8-14/h9-10,12,14,16H,3-8,11,13,20H2,1-2H3. The highest BCUT2D eigenvalue weighted by atomic mass is 79.9. The molecule has 1 aliphatic rings. The highest BCUT2D eigenvalue weighted by Crippen LogP contribution is 2.28. The van der Waals surface area contributed by atoms with Gasteiger partial charge >= 0.3 is 0 Å². The number of benzene rings is 1. The Morgan fingerprint density at radius 1 is 1.29 bits per heavy atom. The number of hydrogen-bond donors (Lipinski definition) is 1. The molecule has 0 bridgehead atoms. The maximum atomic E-state index is 6.06. The zero-order valence-electron chi connectivity index (χ0n) is 13.4. The number of nitrogens with zero attached hydrogens (tertiary/aromatic N) is 1. The van der Waals surface area contributed by atoms with Gasteiger partial charge in [0, 0.05) is 29.8 Å². The Labute approximate surface area is 138 Å². The normalized spacial score (nSPS) is 17.7. The Balaban J connectivity index is 1.97. The summed E-state index contributed by atoms with van der Waals surface area (Å²) < 4.78 is 1.19. The summed E-state index contributed by atoms with van der Waals surface area (Å²) in [5.41, 5.74) is 8.69. The van der Waals surface area contributed by atoms with Gasteiger partial charge in [-0.05, 0) is 49.3 Å². The van der Waals surface area contributed by atoms with Gasteiger partial charge in [0.15, 0.2) is 0 Å². The molecule has 0 spiro atoms. The molecule has 0 saturated heterocycles. The molecule has 0 aromatic heterocycles. The van der Waals surface area contributed by atoms with Crippen molar-refractivity contribution in [2.24, 2.45) is 11.7 Å². The van der Waals surface area contributed by atoms with Crippen LogP contribution in [0.1, 0.15) is 51.0 Å². The van der Waals surface area contributed by atoms with Crippen LogP contribution in [0.3, 0.4) is 0 Å². The number of hydrogen-bond acceptors (Lipinski definition) is 2. The van der Waals surface area contributed by atoms with Crippen LogP contribution in [-0.4, -0.2) is 19.6 Å². The molecule has 0 heterocycles. The van der Waals surface area contributed by atoms with Crippen molar-refractivity contribution in [2.75, 3.05) is 18.5 Å². The molecule has 3 heteroatoms. The van der Waals surface area contributed by atoms with Gasteiger partial charge in [-0.15, -0.1) is 0 Å². The fourth-order valence-electron chi connectivity index (χ4n) is 3.23. The maximum absolute atomic E-state index is 6.06. The average Bonchev–Trinajstić information content (AvgIpc) is 2.50. The monoisotopic (exact) mass is 352 g/mol. The zero-order valence-corrected chi connectivity index (χ0v) is 15.0. The SMILES string of the molecule is CCC(N)Cc1ccc(N(C)CC2CCCCC2)cc1Br. The molecule has 1 aromatic carbocycles. The van der Waals surface area contributed by atoms with Gasteiger partial charge in [0.1, 0.15) is 0 Å². The second kappa shape index (κ2) is 8.19. The third-order valence-corrected chi connectivity index (χ3v) is 5.48. The predicted octanol–water partition coefficient (Wildman–Crippen LogP) is 4.75. The molecule has 21 heavy (non-hydrogen) atoms. The lowest BCUT2D eigenvalue weighted by molar-refractivity contribution is 0.362. The highest BCUT2D eigenvalue weighted by Gasteiger charge is 2.16. The Kier molecular flexibility index (Phi) is 6.56. The van der Waals surface area contributed by atoms with Crippen LogP contribution < -0.4 is 10.6 Å². The van der Waals surface area contributed by atoms with E-state index in [-0.39, 0.29) is 6.04 Å². The molecule has 2 nitrogen and oxygen atoms in total. The van der Waals surface area contributed by atoms with E-state index in [1.54, 1.807) is 0 Å². The van der Waals surface area contributed by atoms with E-state index in [1.165, 1.54) is 54.4 Å². The van der Waals surface area contributed by atoms with Crippen LogP contribution in [-0.2, 0) is 6.42 Å². The lowest BCUT2D eigenvalue weighted by atomic mass is 9.89. The quantitative estimate of drug-likeness (QED) is 0.800. The summed E-state index contributed by atoms with van der Waals surface area (Å²) in [4.78, 5) is 2.41. The first-order chi connectivity index (χ1) is 10.1. The van der Waals surface area contributed by atoms with Crippen molar-refractivity contribution >= 4 is 21.6 Å². The van der Waals surface area contributed by atoms with Gasteiger partial charge in [-0.25, -0.2) is 0 Å². The van der Waals surface area contributed by atoms with Crippen LogP contribution in [0.5, 0.6) is 0 Å². The molecule has 0 amide bonds. The molecule has 1 aromatic rings. The van der Waals surface area contributed by atoms with E-state index >= 15 is 0 Å². The Bertz CT molecular complexity index is 441. The average molecular weight is 353 g/mol. The van der Waals surface area contributed by atoms with Crippen molar-refractivity contribution in [2.45, 2.75) is 57.9 Å². The molecule has 2 N–H and O–H groups in total.